The van der Waals surface area contributed by atoms with Crippen LogP contribution in [0.3, 0.4) is 0 Å². The molecule has 4 bridgehead atoms. The lowest BCUT2D eigenvalue weighted by atomic mass is 9.59. The molecule has 8 aliphatic heterocycles. The number of hydrogen-bond donors (Lipinski definition) is 0. The van der Waals surface area contributed by atoms with Crippen LogP contribution in [-0.4, -0.2) is 72.9 Å². The number of alkyl halides is 6. The molecule has 0 aromatic carbocycles. The minimum atomic E-state index is -4.96. The minimum absolute atomic E-state index is 0.0504. The van der Waals surface area contributed by atoms with E-state index < -0.39 is 109 Å². The van der Waals surface area contributed by atoms with Gasteiger partial charge in [0.25, 0.3) is 0 Å². The number of halogens is 6. The summed E-state index contributed by atoms with van der Waals surface area (Å²) in [6.45, 7) is 5.51. The van der Waals surface area contributed by atoms with Crippen molar-refractivity contribution in [3.63, 3.8) is 0 Å². The third-order valence-electron chi connectivity index (χ3n) is 13.1. The number of carbonyl (C=O) groups is 2. The van der Waals surface area contributed by atoms with E-state index in [1.54, 1.807) is 13.8 Å². The van der Waals surface area contributed by atoms with Gasteiger partial charge in [-0.2, -0.15) is 26.3 Å². The summed E-state index contributed by atoms with van der Waals surface area (Å²) < 4.78 is 120. The van der Waals surface area contributed by atoms with Crippen molar-refractivity contribution in [2.45, 2.75) is 140 Å². The lowest BCUT2D eigenvalue weighted by Crippen LogP contribution is -2.67. The highest BCUT2D eigenvalue weighted by Gasteiger charge is 2.72. The van der Waals surface area contributed by atoms with Crippen LogP contribution in [0.5, 0.6) is 0 Å². The number of carbonyl (C=O) groups excluding carboxylic acids is 2. The van der Waals surface area contributed by atoms with Crippen molar-refractivity contribution >= 4 is 11.9 Å². The van der Waals surface area contributed by atoms with E-state index in [-0.39, 0.29) is 47.7 Å². The second kappa shape index (κ2) is 12.9. The summed E-state index contributed by atoms with van der Waals surface area (Å²) in [6, 6.07) is 0. The Labute approximate surface area is 306 Å². The molecule has 2 saturated carbocycles. The molecule has 12 nitrogen and oxygen atoms in total. The van der Waals surface area contributed by atoms with E-state index in [9.17, 15) is 35.9 Å². The van der Waals surface area contributed by atoms with Gasteiger partial charge in [0.15, 0.2) is 11.2 Å². The predicted molar refractivity (Wildman–Crippen MR) is 165 cm³/mol. The Balaban J connectivity index is 0.950. The van der Waals surface area contributed by atoms with Crippen LogP contribution in [0.15, 0.2) is 22.7 Å². The number of ether oxygens (including phenoxy) is 6. The maximum Gasteiger partial charge on any atom is 0.449 e. The molecular weight excluding hydrogens is 738 g/mol. The number of allylic oxidation sites excluding steroid dienone is 2. The van der Waals surface area contributed by atoms with Gasteiger partial charge in [0, 0.05) is 47.7 Å². The summed E-state index contributed by atoms with van der Waals surface area (Å²) in [5.74, 6) is -9.60. The molecule has 302 valence electrons. The Morgan fingerprint density at radius 3 is 1.39 bits per heavy atom. The second-order valence-electron chi connectivity index (χ2n) is 16.5. The zero-order valence-electron chi connectivity index (χ0n) is 30.3. The maximum atomic E-state index is 14.5. The van der Waals surface area contributed by atoms with E-state index in [2.05, 4.69) is 0 Å². The topological polar surface area (TPSA) is 126 Å². The smallest absolute Gasteiger partial charge is 0.449 e. The summed E-state index contributed by atoms with van der Waals surface area (Å²) >= 11 is 0. The SMILES string of the molecule is C[C@@H]1CC[C@H]2C(COC(=O)CCC(=O)OCC3=C(C(F)(F)F)O[C@@H]4O[C@]5(C)CCC6[C@H](C)CC[C@@H]3[C@]64OO5)=C(C(F)(F)F)O[C@@H]3O[C@]4(C)CCC1[C@]32OO4. The Hall–Kier alpha value is -2.64. The van der Waals surface area contributed by atoms with Crippen LogP contribution >= 0.6 is 0 Å². The first-order valence-electron chi connectivity index (χ1n) is 18.6. The molecule has 0 amide bonds. The first kappa shape index (κ1) is 38.2. The third kappa shape index (κ3) is 6.03. The molecule has 54 heavy (non-hydrogen) atoms. The van der Waals surface area contributed by atoms with Crippen molar-refractivity contribution in [3.8, 4) is 0 Å². The standard InChI is InChI=1S/C36H44F6O12/c1-17-5-7-23-19(27(35(37,38)39)47-29-33(23)21(17)11-13-31(3,49-29)51-53-33)15-45-25(43)9-10-26(44)46-16-20-24-8-6-18(2)22-12-14-32(4)50-30(34(22,24)54-52-32)48-28(20)36(40,41)42/h17-18,21-24,29-30H,5-16H2,1-4H3/t17-,18-,21?,22?,23+,24+,29-,30-,31+,32+,33-,34-/m1/s1. The molecule has 12 atom stereocenters. The summed E-state index contributed by atoms with van der Waals surface area (Å²) in [6.07, 6.45) is -10.5. The first-order chi connectivity index (χ1) is 25.3. The number of fused-ring (bicyclic) bond motifs is 4. The van der Waals surface area contributed by atoms with Crippen molar-refractivity contribution in [2.24, 2.45) is 35.5 Å². The fraction of sp³-hybridized carbons (Fsp3) is 0.833. The molecule has 18 heteroatoms. The summed E-state index contributed by atoms with van der Waals surface area (Å²) in [4.78, 5) is 48.9. The fourth-order valence-electron chi connectivity index (χ4n) is 10.5. The number of hydrogen-bond acceptors (Lipinski definition) is 12. The van der Waals surface area contributed by atoms with Crippen molar-refractivity contribution in [1.82, 2.24) is 0 Å². The van der Waals surface area contributed by atoms with Gasteiger partial charge in [-0.15, -0.1) is 0 Å². The van der Waals surface area contributed by atoms with Gasteiger partial charge in [0.05, 0.1) is 12.8 Å². The quantitative estimate of drug-likeness (QED) is 0.150. The first-order valence-corrected chi connectivity index (χ1v) is 18.6. The Morgan fingerprint density at radius 1 is 0.630 bits per heavy atom. The number of rotatable bonds is 7. The zero-order chi connectivity index (χ0) is 38.6. The largest absolute Gasteiger partial charge is 0.461 e. The van der Waals surface area contributed by atoms with Gasteiger partial charge >= 0.3 is 24.3 Å². The minimum Gasteiger partial charge on any atom is -0.461 e. The van der Waals surface area contributed by atoms with Crippen molar-refractivity contribution in [3.05, 3.63) is 22.7 Å². The van der Waals surface area contributed by atoms with Crippen LogP contribution in [0.2, 0.25) is 0 Å². The van der Waals surface area contributed by atoms with Crippen molar-refractivity contribution in [2.75, 3.05) is 13.2 Å². The average Bonchev–Trinajstić information content (AvgIpc) is 3.47. The van der Waals surface area contributed by atoms with Crippen LogP contribution in [0.1, 0.15) is 91.9 Å². The van der Waals surface area contributed by atoms with E-state index in [1.807, 2.05) is 13.8 Å². The summed E-state index contributed by atoms with van der Waals surface area (Å²) in [5, 5.41) is 0. The average molecular weight is 783 g/mol. The zero-order valence-corrected chi connectivity index (χ0v) is 30.3. The van der Waals surface area contributed by atoms with Gasteiger partial charge in [-0.1, -0.05) is 13.8 Å². The second-order valence-corrected chi connectivity index (χ2v) is 16.5. The highest BCUT2D eigenvalue weighted by molar-refractivity contribution is 5.77. The van der Waals surface area contributed by atoms with Gasteiger partial charge in [-0.05, 0) is 64.2 Å². The van der Waals surface area contributed by atoms with Crippen LogP contribution in [0.25, 0.3) is 0 Å². The molecule has 0 aromatic rings. The molecule has 10 aliphatic rings. The Morgan fingerprint density at radius 2 is 1.02 bits per heavy atom. The Kier molecular flexibility index (Phi) is 9.17. The van der Waals surface area contributed by atoms with Crippen molar-refractivity contribution in [1.29, 1.82) is 0 Å². The molecule has 8 heterocycles. The van der Waals surface area contributed by atoms with E-state index in [0.717, 1.165) is 0 Å². The van der Waals surface area contributed by atoms with Crippen LogP contribution in [0.4, 0.5) is 26.3 Å². The molecular formula is C36H44F6O12. The molecule has 2 unspecified atom stereocenters. The van der Waals surface area contributed by atoms with Gasteiger partial charge in [-0.25, -0.2) is 19.6 Å². The molecule has 0 radical (unpaired) electrons. The molecule has 2 aliphatic carbocycles. The van der Waals surface area contributed by atoms with E-state index in [1.165, 1.54) is 0 Å². The molecule has 0 aromatic heterocycles. The van der Waals surface area contributed by atoms with E-state index in [4.69, 9.17) is 48.0 Å². The third-order valence-corrected chi connectivity index (χ3v) is 13.1. The van der Waals surface area contributed by atoms with Gasteiger partial charge in [0.2, 0.25) is 35.7 Å². The Bertz CT molecular complexity index is 1500. The van der Waals surface area contributed by atoms with Crippen LogP contribution < -0.4 is 0 Å². The highest BCUT2D eigenvalue weighted by Crippen LogP contribution is 2.63. The summed E-state index contributed by atoms with van der Waals surface area (Å²) in [5.41, 5.74) is -3.48. The number of esters is 2. The van der Waals surface area contributed by atoms with Gasteiger partial charge in [-0.3, -0.25) is 9.59 Å². The van der Waals surface area contributed by atoms with Gasteiger partial charge in [0.1, 0.15) is 13.2 Å². The lowest BCUT2D eigenvalue weighted by molar-refractivity contribution is -0.558. The molecule has 2 spiro atoms. The van der Waals surface area contributed by atoms with Crippen LogP contribution in [0, 0.1) is 35.5 Å². The summed E-state index contributed by atoms with van der Waals surface area (Å²) in [7, 11) is 0. The predicted octanol–water partition coefficient (Wildman–Crippen LogP) is 6.98. The molecule has 6 saturated heterocycles. The molecule has 10 rings (SSSR count). The highest BCUT2D eigenvalue weighted by atomic mass is 19.4. The fourth-order valence-corrected chi connectivity index (χ4v) is 10.5. The van der Waals surface area contributed by atoms with E-state index >= 15 is 0 Å². The normalized spacial score (nSPS) is 44.0. The van der Waals surface area contributed by atoms with Crippen LogP contribution in [-0.2, 0) is 57.6 Å². The molecule has 0 N–H and O–H groups in total. The van der Waals surface area contributed by atoms with Gasteiger partial charge < -0.3 is 28.4 Å². The molecule has 8 fully saturated rings. The van der Waals surface area contributed by atoms with E-state index in [0.29, 0.717) is 38.5 Å². The lowest BCUT2D eigenvalue weighted by Gasteiger charge is -2.57. The monoisotopic (exact) mass is 782 g/mol. The maximum absolute atomic E-state index is 14.5. The van der Waals surface area contributed by atoms with Crippen molar-refractivity contribution < 1.29 is 83.9 Å².